The third kappa shape index (κ3) is 3.71. The van der Waals surface area contributed by atoms with Gasteiger partial charge >= 0.3 is 0 Å². The Hall–Kier alpha value is -3.21. The highest BCUT2D eigenvalue weighted by molar-refractivity contribution is 6.04. The average molecular weight is 304 g/mol. The molecular formula is C18H16N4O. The zero-order chi connectivity index (χ0) is 16.1. The number of aromatic nitrogens is 2. The SMILES string of the molecule is Cc1ccccc1NC(=O)c1cnc(Nc2ccccc2)nc1. The van der Waals surface area contributed by atoms with Crippen molar-refractivity contribution in [2.45, 2.75) is 6.92 Å². The molecule has 1 heterocycles. The molecule has 3 rings (SSSR count). The number of nitrogens with zero attached hydrogens (tertiary/aromatic N) is 2. The van der Waals surface area contributed by atoms with E-state index in [1.54, 1.807) is 0 Å². The Kier molecular flexibility index (Phi) is 4.29. The van der Waals surface area contributed by atoms with Crippen LogP contribution in [0.2, 0.25) is 0 Å². The van der Waals surface area contributed by atoms with Gasteiger partial charge in [-0.25, -0.2) is 9.97 Å². The van der Waals surface area contributed by atoms with Crippen molar-refractivity contribution in [3.63, 3.8) is 0 Å². The summed E-state index contributed by atoms with van der Waals surface area (Å²) in [5.41, 5.74) is 3.09. The predicted molar refractivity (Wildman–Crippen MR) is 90.9 cm³/mol. The van der Waals surface area contributed by atoms with Crippen LogP contribution < -0.4 is 10.6 Å². The van der Waals surface area contributed by atoms with Gasteiger partial charge in [0.15, 0.2) is 0 Å². The molecule has 5 nitrogen and oxygen atoms in total. The van der Waals surface area contributed by atoms with Crippen molar-refractivity contribution in [3.05, 3.63) is 78.1 Å². The molecule has 0 radical (unpaired) electrons. The normalized spacial score (nSPS) is 10.1. The number of nitrogens with one attached hydrogen (secondary N) is 2. The first-order valence-electron chi connectivity index (χ1n) is 7.23. The molecule has 0 saturated heterocycles. The fraction of sp³-hybridized carbons (Fsp3) is 0.0556. The van der Waals surface area contributed by atoms with Gasteiger partial charge in [-0.15, -0.1) is 0 Å². The molecule has 0 atom stereocenters. The number of benzene rings is 2. The molecule has 0 unspecified atom stereocenters. The van der Waals surface area contributed by atoms with Crippen LogP contribution in [-0.2, 0) is 0 Å². The fourth-order valence-electron chi connectivity index (χ4n) is 2.07. The van der Waals surface area contributed by atoms with Crippen LogP contribution in [0.3, 0.4) is 0 Å². The molecule has 1 aromatic heterocycles. The molecule has 1 amide bonds. The standard InChI is InChI=1S/C18H16N4O/c1-13-7-5-6-10-16(13)22-17(23)14-11-19-18(20-12-14)21-15-8-3-2-4-9-15/h2-12H,1H3,(H,22,23)(H,19,20,21). The monoisotopic (exact) mass is 304 g/mol. The van der Waals surface area contributed by atoms with E-state index in [-0.39, 0.29) is 5.91 Å². The van der Waals surface area contributed by atoms with Crippen LogP contribution in [0.4, 0.5) is 17.3 Å². The van der Waals surface area contributed by atoms with Gasteiger partial charge < -0.3 is 10.6 Å². The lowest BCUT2D eigenvalue weighted by atomic mass is 10.2. The number of anilines is 3. The molecule has 114 valence electrons. The highest BCUT2D eigenvalue weighted by Gasteiger charge is 2.09. The lowest BCUT2D eigenvalue weighted by molar-refractivity contribution is 0.102. The fourth-order valence-corrected chi connectivity index (χ4v) is 2.07. The quantitative estimate of drug-likeness (QED) is 0.769. The number of hydrogen-bond donors (Lipinski definition) is 2. The molecule has 0 spiro atoms. The summed E-state index contributed by atoms with van der Waals surface area (Å²) in [5.74, 6) is 0.217. The van der Waals surface area contributed by atoms with Gasteiger partial charge in [0.05, 0.1) is 5.56 Å². The number of amides is 1. The summed E-state index contributed by atoms with van der Waals surface area (Å²) >= 11 is 0. The molecule has 2 aromatic carbocycles. The van der Waals surface area contributed by atoms with Crippen molar-refractivity contribution >= 4 is 23.2 Å². The van der Waals surface area contributed by atoms with Gasteiger partial charge in [-0.05, 0) is 30.7 Å². The Bertz CT molecular complexity index is 801. The van der Waals surface area contributed by atoms with Gasteiger partial charge in [0.2, 0.25) is 5.95 Å². The molecule has 0 bridgehead atoms. The average Bonchev–Trinajstić information content (AvgIpc) is 2.58. The summed E-state index contributed by atoms with van der Waals surface area (Å²) in [6, 6.07) is 17.2. The van der Waals surface area contributed by atoms with Crippen molar-refractivity contribution in [3.8, 4) is 0 Å². The molecule has 0 aliphatic carbocycles. The zero-order valence-electron chi connectivity index (χ0n) is 12.7. The number of aryl methyl sites for hydroxylation is 1. The maximum Gasteiger partial charge on any atom is 0.258 e. The number of hydrogen-bond acceptors (Lipinski definition) is 4. The van der Waals surface area contributed by atoms with E-state index in [4.69, 9.17) is 0 Å². The molecule has 23 heavy (non-hydrogen) atoms. The van der Waals surface area contributed by atoms with Crippen LogP contribution in [0.1, 0.15) is 15.9 Å². The first kappa shape index (κ1) is 14.7. The molecule has 0 saturated carbocycles. The second-order valence-electron chi connectivity index (χ2n) is 5.06. The van der Waals surface area contributed by atoms with Crippen molar-refractivity contribution in [1.29, 1.82) is 0 Å². The Balaban J connectivity index is 1.69. The zero-order valence-corrected chi connectivity index (χ0v) is 12.7. The Morgan fingerprint density at radius 3 is 2.26 bits per heavy atom. The topological polar surface area (TPSA) is 66.9 Å². The number of para-hydroxylation sites is 2. The smallest absolute Gasteiger partial charge is 0.258 e. The number of carbonyl (C=O) groups excluding carboxylic acids is 1. The van der Waals surface area contributed by atoms with Crippen LogP contribution in [-0.4, -0.2) is 15.9 Å². The maximum absolute atomic E-state index is 12.2. The van der Waals surface area contributed by atoms with E-state index in [2.05, 4.69) is 20.6 Å². The molecule has 0 fully saturated rings. The Morgan fingerprint density at radius 2 is 1.57 bits per heavy atom. The molecule has 3 aromatic rings. The third-order valence-corrected chi connectivity index (χ3v) is 3.34. The van der Waals surface area contributed by atoms with Gasteiger partial charge in [-0.2, -0.15) is 0 Å². The molecular weight excluding hydrogens is 288 g/mol. The van der Waals surface area contributed by atoms with Gasteiger partial charge in [0.25, 0.3) is 5.91 Å². The molecule has 5 heteroatoms. The van der Waals surface area contributed by atoms with Crippen molar-refractivity contribution < 1.29 is 4.79 Å². The van der Waals surface area contributed by atoms with Gasteiger partial charge in [-0.1, -0.05) is 36.4 Å². The number of rotatable bonds is 4. The van der Waals surface area contributed by atoms with Gasteiger partial charge in [0, 0.05) is 23.8 Å². The van der Waals surface area contributed by atoms with Crippen LogP contribution in [0.5, 0.6) is 0 Å². The highest BCUT2D eigenvalue weighted by atomic mass is 16.1. The summed E-state index contributed by atoms with van der Waals surface area (Å²) in [7, 11) is 0. The minimum Gasteiger partial charge on any atom is -0.324 e. The summed E-state index contributed by atoms with van der Waals surface area (Å²) < 4.78 is 0. The summed E-state index contributed by atoms with van der Waals surface area (Å²) in [5, 5.41) is 5.93. The van der Waals surface area contributed by atoms with E-state index < -0.39 is 0 Å². The first-order valence-corrected chi connectivity index (χ1v) is 7.23. The summed E-state index contributed by atoms with van der Waals surface area (Å²) in [6.45, 7) is 1.94. The van der Waals surface area contributed by atoms with Crippen molar-refractivity contribution in [2.75, 3.05) is 10.6 Å². The molecule has 2 N–H and O–H groups in total. The van der Waals surface area contributed by atoms with Crippen LogP contribution in [0.25, 0.3) is 0 Å². The highest BCUT2D eigenvalue weighted by Crippen LogP contribution is 2.15. The largest absolute Gasteiger partial charge is 0.324 e. The molecule has 0 aliphatic heterocycles. The third-order valence-electron chi connectivity index (χ3n) is 3.34. The predicted octanol–water partition coefficient (Wildman–Crippen LogP) is 3.78. The van der Waals surface area contributed by atoms with Crippen molar-refractivity contribution in [2.24, 2.45) is 0 Å². The van der Waals surface area contributed by atoms with E-state index in [1.807, 2.05) is 61.5 Å². The maximum atomic E-state index is 12.2. The Morgan fingerprint density at radius 1 is 0.913 bits per heavy atom. The van der Waals surface area contributed by atoms with Crippen molar-refractivity contribution in [1.82, 2.24) is 9.97 Å². The summed E-state index contributed by atoms with van der Waals surface area (Å²) in [4.78, 5) is 20.6. The van der Waals surface area contributed by atoms with E-state index >= 15 is 0 Å². The van der Waals surface area contributed by atoms with E-state index in [0.29, 0.717) is 11.5 Å². The van der Waals surface area contributed by atoms with Crippen LogP contribution in [0, 0.1) is 6.92 Å². The second-order valence-corrected chi connectivity index (χ2v) is 5.06. The van der Waals surface area contributed by atoms with E-state index in [0.717, 1.165) is 16.9 Å². The van der Waals surface area contributed by atoms with Gasteiger partial charge in [0.1, 0.15) is 0 Å². The first-order chi connectivity index (χ1) is 11.2. The van der Waals surface area contributed by atoms with E-state index in [1.165, 1.54) is 12.4 Å². The Labute approximate surface area is 134 Å². The number of carbonyl (C=O) groups is 1. The minimum atomic E-state index is -0.231. The lowest BCUT2D eigenvalue weighted by Crippen LogP contribution is -2.13. The summed E-state index contributed by atoms with van der Waals surface area (Å²) in [6.07, 6.45) is 3.01. The lowest BCUT2D eigenvalue weighted by Gasteiger charge is -2.08. The van der Waals surface area contributed by atoms with Gasteiger partial charge in [-0.3, -0.25) is 4.79 Å². The second kappa shape index (κ2) is 6.70. The minimum absolute atomic E-state index is 0.231. The van der Waals surface area contributed by atoms with Crippen LogP contribution in [0.15, 0.2) is 67.0 Å². The van der Waals surface area contributed by atoms with E-state index in [9.17, 15) is 4.79 Å². The molecule has 0 aliphatic rings. The van der Waals surface area contributed by atoms with Crippen LogP contribution >= 0.6 is 0 Å².